The fraction of sp³-hybridized carbons (Fsp3) is 0.130. The Hall–Kier alpha value is -2.83. The molecule has 0 saturated carbocycles. The summed E-state index contributed by atoms with van der Waals surface area (Å²) in [6, 6.07) is 8.37. The summed E-state index contributed by atoms with van der Waals surface area (Å²) >= 11 is 2.80. The van der Waals surface area contributed by atoms with E-state index in [4.69, 9.17) is 0 Å². The zero-order valence-corrected chi connectivity index (χ0v) is 21.3. The standard InChI is InChI=1S/C23H18BrF3N2O4S2/c1-23(8-5-15(6-9-23)16-3-2-4-17(25)11-16)35(32,33)29-10-7-18(14-29)34(30,31)28-22-13-20(26)19(24)12-21(22)27/h2-8,10-14,28H,9H2,1H3. The number of nitrogens with one attached hydrogen (secondary N) is 1. The molecule has 0 bridgehead atoms. The van der Waals surface area contributed by atoms with Crippen molar-refractivity contribution in [3.05, 3.63) is 101 Å². The van der Waals surface area contributed by atoms with E-state index in [-0.39, 0.29) is 10.9 Å². The van der Waals surface area contributed by atoms with Crippen LogP contribution in [0.2, 0.25) is 0 Å². The molecule has 1 heterocycles. The molecule has 1 atom stereocenters. The minimum atomic E-state index is -4.43. The van der Waals surface area contributed by atoms with Gasteiger partial charge in [0.1, 0.15) is 27.1 Å². The lowest BCUT2D eigenvalue weighted by Gasteiger charge is -2.28. The third-order valence-corrected chi connectivity index (χ3v) is 9.79. The number of anilines is 1. The van der Waals surface area contributed by atoms with Gasteiger partial charge >= 0.3 is 0 Å². The predicted molar refractivity (Wildman–Crippen MR) is 130 cm³/mol. The minimum absolute atomic E-state index is 0.0551. The summed E-state index contributed by atoms with van der Waals surface area (Å²) < 4.78 is 94.5. The number of nitrogens with zero attached hydrogens (tertiary/aromatic N) is 1. The lowest BCUT2D eigenvalue weighted by atomic mass is 9.93. The van der Waals surface area contributed by atoms with Gasteiger partial charge in [0.2, 0.25) is 10.0 Å². The Morgan fingerprint density at radius 3 is 2.43 bits per heavy atom. The topological polar surface area (TPSA) is 85.2 Å². The van der Waals surface area contributed by atoms with Gasteiger partial charge in [-0.2, -0.15) is 0 Å². The zero-order valence-electron chi connectivity index (χ0n) is 18.0. The van der Waals surface area contributed by atoms with Crippen LogP contribution in [-0.2, 0) is 20.0 Å². The van der Waals surface area contributed by atoms with Crippen molar-refractivity contribution >= 4 is 47.2 Å². The van der Waals surface area contributed by atoms with Crippen molar-refractivity contribution in [3.63, 3.8) is 0 Å². The van der Waals surface area contributed by atoms with E-state index in [1.54, 1.807) is 24.3 Å². The van der Waals surface area contributed by atoms with Crippen LogP contribution in [0.25, 0.3) is 5.57 Å². The first-order valence-electron chi connectivity index (χ1n) is 10.1. The Labute approximate surface area is 209 Å². The third kappa shape index (κ3) is 4.82. The van der Waals surface area contributed by atoms with Crippen LogP contribution in [0.3, 0.4) is 0 Å². The van der Waals surface area contributed by atoms with Gasteiger partial charge in [0.15, 0.2) is 0 Å². The van der Waals surface area contributed by atoms with Gasteiger partial charge < -0.3 is 0 Å². The van der Waals surface area contributed by atoms with Crippen molar-refractivity contribution in [1.82, 2.24) is 3.97 Å². The van der Waals surface area contributed by atoms with Gasteiger partial charge in [0.25, 0.3) is 10.0 Å². The first kappa shape index (κ1) is 25.3. The first-order chi connectivity index (χ1) is 16.3. The van der Waals surface area contributed by atoms with Crippen LogP contribution in [0.15, 0.2) is 82.5 Å². The molecule has 1 unspecified atom stereocenters. The molecular formula is C23H18BrF3N2O4S2. The number of hydrogen-bond donors (Lipinski definition) is 1. The van der Waals surface area contributed by atoms with Gasteiger partial charge in [-0.15, -0.1) is 0 Å². The summed E-state index contributed by atoms with van der Waals surface area (Å²) in [6.45, 7) is 1.48. The van der Waals surface area contributed by atoms with Crippen molar-refractivity contribution in [2.24, 2.45) is 0 Å². The molecule has 1 aliphatic carbocycles. The smallest absolute Gasteiger partial charge is 0.263 e. The molecular weight excluding hydrogens is 569 g/mol. The highest BCUT2D eigenvalue weighted by atomic mass is 79.9. The lowest BCUT2D eigenvalue weighted by Crippen LogP contribution is -2.37. The van der Waals surface area contributed by atoms with Gasteiger partial charge in [0, 0.05) is 18.5 Å². The van der Waals surface area contributed by atoms with E-state index < -0.39 is 52.8 Å². The summed E-state index contributed by atoms with van der Waals surface area (Å²) in [4.78, 5) is -0.455. The minimum Gasteiger partial charge on any atom is -0.276 e. The summed E-state index contributed by atoms with van der Waals surface area (Å²) in [5.41, 5.74) is 0.622. The molecule has 1 N–H and O–H groups in total. The van der Waals surface area contributed by atoms with Gasteiger partial charge in [-0.05, 0) is 64.7 Å². The molecule has 0 aliphatic heterocycles. The predicted octanol–water partition coefficient (Wildman–Crippen LogP) is 5.45. The van der Waals surface area contributed by atoms with E-state index >= 15 is 0 Å². The van der Waals surface area contributed by atoms with Crippen molar-refractivity contribution < 1.29 is 30.0 Å². The molecule has 1 aliphatic rings. The van der Waals surface area contributed by atoms with E-state index in [0.717, 1.165) is 28.5 Å². The second-order valence-corrected chi connectivity index (χ2v) is 12.9. The Balaban J connectivity index is 1.59. The van der Waals surface area contributed by atoms with Gasteiger partial charge in [0.05, 0.1) is 10.2 Å². The van der Waals surface area contributed by atoms with Crippen LogP contribution in [0.4, 0.5) is 18.9 Å². The van der Waals surface area contributed by atoms with Gasteiger partial charge in [-0.3, -0.25) is 8.69 Å². The maximum atomic E-state index is 14.1. The molecule has 6 nitrogen and oxygen atoms in total. The highest BCUT2D eigenvalue weighted by Crippen LogP contribution is 2.34. The highest BCUT2D eigenvalue weighted by Gasteiger charge is 2.39. The number of benzene rings is 2. The molecule has 0 spiro atoms. The van der Waals surface area contributed by atoms with Gasteiger partial charge in [-0.1, -0.05) is 30.4 Å². The van der Waals surface area contributed by atoms with Crippen molar-refractivity contribution in [2.75, 3.05) is 4.72 Å². The normalized spacial score (nSPS) is 18.4. The molecule has 2 aromatic carbocycles. The Bertz CT molecular complexity index is 1600. The zero-order chi connectivity index (χ0) is 25.6. The summed E-state index contributed by atoms with van der Waals surface area (Å²) in [7, 11) is -8.56. The largest absolute Gasteiger partial charge is 0.276 e. The van der Waals surface area contributed by atoms with Gasteiger partial charge in [-0.25, -0.2) is 30.0 Å². The number of sulfonamides is 1. The van der Waals surface area contributed by atoms with E-state index in [9.17, 15) is 30.0 Å². The monoisotopic (exact) mass is 586 g/mol. The molecule has 184 valence electrons. The van der Waals surface area contributed by atoms with E-state index in [1.807, 2.05) is 4.72 Å². The van der Waals surface area contributed by atoms with Crippen LogP contribution >= 0.6 is 15.9 Å². The number of halogens is 4. The Kier molecular flexibility index (Phi) is 6.49. The van der Waals surface area contributed by atoms with Crippen LogP contribution < -0.4 is 4.72 Å². The number of rotatable bonds is 6. The molecule has 1 aromatic heterocycles. The molecule has 0 radical (unpaired) electrons. The second-order valence-electron chi connectivity index (χ2n) is 8.05. The average Bonchev–Trinajstić information content (AvgIpc) is 3.30. The van der Waals surface area contributed by atoms with Crippen molar-refractivity contribution in [2.45, 2.75) is 23.0 Å². The molecule has 0 amide bonds. The summed E-state index contributed by atoms with van der Waals surface area (Å²) in [5.74, 6) is -2.32. The highest BCUT2D eigenvalue weighted by molar-refractivity contribution is 9.10. The number of aromatic nitrogens is 1. The molecule has 12 heteroatoms. The summed E-state index contributed by atoms with van der Waals surface area (Å²) in [5, 5.41) is 0. The van der Waals surface area contributed by atoms with Crippen molar-refractivity contribution in [1.29, 1.82) is 0 Å². The van der Waals surface area contributed by atoms with E-state index in [0.29, 0.717) is 17.2 Å². The van der Waals surface area contributed by atoms with Crippen LogP contribution in [-0.4, -0.2) is 25.6 Å². The summed E-state index contributed by atoms with van der Waals surface area (Å²) in [6.07, 6.45) is 6.71. The average molecular weight is 587 g/mol. The number of allylic oxidation sites excluding steroid dienone is 3. The van der Waals surface area contributed by atoms with Crippen LogP contribution in [0.5, 0.6) is 0 Å². The van der Waals surface area contributed by atoms with Crippen molar-refractivity contribution in [3.8, 4) is 0 Å². The Morgan fingerprint density at radius 2 is 1.77 bits per heavy atom. The Morgan fingerprint density at radius 1 is 1.03 bits per heavy atom. The third-order valence-electron chi connectivity index (χ3n) is 5.57. The van der Waals surface area contributed by atoms with Crippen LogP contribution in [0.1, 0.15) is 18.9 Å². The maximum absolute atomic E-state index is 14.1. The molecule has 0 saturated heterocycles. The van der Waals surface area contributed by atoms with E-state index in [1.165, 1.54) is 25.1 Å². The van der Waals surface area contributed by atoms with E-state index in [2.05, 4.69) is 15.9 Å². The fourth-order valence-electron chi connectivity index (χ4n) is 3.50. The first-order valence-corrected chi connectivity index (χ1v) is 13.8. The maximum Gasteiger partial charge on any atom is 0.263 e. The SMILES string of the molecule is CC1(S(=O)(=O)n2ccc(S(=O)(=O)Nc3cc(F)c(Br)cc3F)c2)C=CC(c2cccc(F)c2)=CC1. The molecule has 4 rings (SSSR count). The molecule has 35 heavy (non-hydrogen) atoms. The van der Waals surface area contributed by atoms with Crippen LogP contribution in [0, 0.1) is 17.5 Å². The second kappa shape index (κ2) is 8.99. The lowest BCUT2D eigenvalue weighted by molar-refractivity contribution is 0.553. The molecule has 3 aromatic rings. The molecule has 0 fully saturated rings. The quantitative estimate of drug-likeness (QED) is 0.389. The fourth-order valence-corrected chi connectivity index (χ4v) is 6.43. The number of hydrogen-bond acceptors (Lipinski definition) is 4.